The van der Waals surface area contributed by atoms with Gasteiger partial charge in [0.2, 0.25) is 5.28 Å². The van der Waals surface area contributed by atoms with Gasteiger partial charge in [0, 0.05) is 6.04 Å². The van der Waals surface area contributed by atoms with Gasteiger partial charge in [-0.3, -0.25) is 0 Å². The number of rotatable bonds is 2. The number of hydrogen-bond acceptors (Lipinski definition) is 5. The van der Waals surface area contributed by atoms with Gasteiger partial charge in [-0.1, -0.05) is 0 Å². The zero-order valence-electron chi connectivity index (χ0n) is 8.15. The summed E-state index contributed by atoms with van der Waals surface area (Å²) >= 11 is 5.51. The Bertz CT molecular complexity index is 508. The van der Waals surface area contributed by atoms with Crippen LogP contribution in [0.4, 0.5) is 10.2 Å². The van der Waals surface area contributed by atoms with Crippen molar-refractivity contribution in [1.82, 2.24) is 9.97 Å². The fraction of sp³-hybridized carbons (Fsp3) is 0.500. The van der Waals surface area contributed by atoms with Gasteiger partial charge in [-0.15, -0.1) is 0 Å². The number of aromatic nitrogens is 2. The topological polar surface area (TPSA) is 72.0 Å². The molecule has 0 bridgehead atoms. The molecule has 5 nitrogen and oxygen atoms in total. The lowest BCUT2D eigenvalue weighted by Gasteiger charge is -2.11. The molecule has 0 amide bonds. The van der Waals surface area contributed by atoms with Crippen LogP contribution in [0.2, 0.25) is 5.28 Å². The Morgan fingerprint density at radius 3 is 2.94 bits per heavy atom. The molecule has 0 spiro atoms. The maximum atomic E-state index is 13.2. The number of halogens is 2. The smallest absolute Gasteiger partial charge is 0.224 e. The van der Waals surface area contributed by atoms with Crippen LogP contribution in [0.5, 0.6) is 0 Å². The second-order valence-electron chi connectivity index (χ2n) is 3.58. The lowest BCUT2D eigenvalue weighted by Crippen LogP contribution is -2.22. The van der Waals surface area contributed by atoms with E-state index in [0.29, 0.717) is 6.42 Å². The molecule has 1 N–H and O–H groups in total. The monoisotopic (exact) mass is 265 g/mol. The summed E-state index contributed by atoms with van der Waals surface area (Å²) in [5.41, 5.74) is 0. The third-order valence-corrected chi connectivity index (χ3v) is 4.24. The highest BCUT2D eigenvalue weighted by atomic mass is 35.5. The van der Waals surface area contributed by atoms with Crippen LogP contribution in [0.1, 0.15) is 6.42 Å². The van der Waals surface area contributed by atoms with Crippen molar-refractivity contribution in [1.29, 1.82) is 0 Å². The average Bonchev–Trinajstić information content (AvgIpc) is 2.52. The van der Waals surface area contributed by atoms with Crippen LogP contribution in [0, 0.1) is 5.82 Å². The molecule has 16 heavy (non-hydrogen) atoms. The third-order valence-electron chi connectivity index (χ3n) is 2.29. The maximum absolute atomic E-state index is 13.2. The third kappa shape index (κ3) is 2.59. The van der Waals surface area contributed by atoms with Crippen LogP contribution in [-0.4, -0.2) is 35.9 Å². The van der Waals surface area contributed by atoms with Gasteiger partial charge in [0.25, 0.3) is 0 Å². The van der Waals surface area contributed by atoms with Gasteiger partial charge in [0.15, 0.2) is 21.5 Å². The van der Waals surface area contributed by atoms with Gasteiger partial charge in [-0.2, -0.15) is 4.98 Å². The molecule has 0 saturated carbocycles. The van der Waals surface area contributed by atoms with Gasteiger partial charge in [0.05, 0.1) is 17.7 Å². The van der Waals surface area contributed by atoms with E-state index in [9.17, 15) is 12.8 Å². The largest absolute Gasteiger partial charge is 0.364 e. The van der Waals surface area contributed by atoms with Gasteiger partial charge in [0.1, 0.15) is 0 Å². The minimum absolute atomic E-state index is 0.00589. The van der Waals surface area contributed by atoms with Crippen molar-refractivity contribution in [2.45, 2.75) is 12.5 Å². The molecule has 2 rings (SSSR count). The summed E-state index contributed by atoms with van der Waals surface area (Å²) in [5.74, 6) is -0.588. The van der Waals surface area contributed by atoms with Crippen molar-refractivity contribution in [3.8, 4) is 0 Å². The minimum atomic E-state index is -3.00. The minimum Gasteiger partial charge on any atom is -0.364 e. The average molecular weight is 266 g/mol. The number of nitrogens with one attached hydrogen (secondary N) is 1. The summed E-state index contributed by atoms with van der Waals surface area (Å²) in [7, 11) is -3.00. The molecule has 0 radical (unpaired) electrons. The first-order valence-corrected chi connectivity index (χ1v) is 6.81. The van der Waals surface area contributed by atoms with Crippen molar-refractivity contribution in [3.63, 3.8) is 0 Å². The number of sulfone groups is 1. The van der Waals surface area contributed by atoms with Crippen molar-refractivity contribution >= 4 is 27.3 Å². The Kier molecular flexibility index (Phi) is 2.98. The second kappa shape index (κ2) is 4.14. The van der Waals surface area contributed by atoms with Crippen LogP contribution in [0.3, 0.4) is 0 Å². The standard InChI is InChI=1S/C8H9ClFN3O2S/c9-8-11-3-6(10)7(13-8)12-5-1-2-16(14,15)4-5/h3,5H,1-2,4H2,(H,11,12,13). The van der Waals surface area contributed by atoms with Gasteiger partial charge in [-0.25, -0.2) is 17.8 Å². The Hall–Kier alpha value is -0.950. The summed E-state index contributed by atoms with van der Waals surface area (Å²) in [5, 5.41) is 2.64. The molecule has 1 aromatic heterocycles. The number of anilines is 1. The molecule has 1 saturated heterocycles. The summed E-state index contributed by atoms with van der Waals surface area (Å²) in [6.07, 6.45) is 1.39. The van der Waals surface area contributed by atoms with E-state index in [1.165, 1.54) is 0 Å². The molecule has 0 aliphatic carbocycles. The van der Waals surface area contributed by atoms with Gasteiger partial charge >= 0.3 is 0 Å². The van der Waals surface area contributed by atoms with Crippen LogP contribution in [0.25, 0.3) is 0 Å². The predicted octanol–water partition coefficient (Wildman–Crippen LogP) is 0.868. The fourth-order valence-electron chi connectivity index (χ4n) is 1.55. The number of hydrogen-bond donors (Lipinski definition) is 1. The molecule has 88 valence electrons. The van der Waals surface area contributed by atoms with E-state index in [-0.39, 0.29) is 28.6 Å². The first-order valence-electron chi connectivity index (χ1n) is 4.61. The zero-order chi connectivity index (χ0) is 11.8. The summed E-state index contributed by atoms with van der Waals surface area (Å²) < 4.78 is 35.6. The molecule has 1 atom stereocenters. The normalized spacial score (nSPS) is 23.2. The van der Waals surface area contributed by atoms with Crippen molar-refractivity contribution in [3.05, 3.63) is 17.3 Å². The summed E-state index contributed by atoms with van der Waals surface area (Å²) in [6.45, 7) is 0. The first kappa shape index (κ1) is 11.5. The maximum Gasteiger partial charge on any atom is 0.224 e. The quantitative estimate of drug-likeness (QED) is 0.804. The van der Waals surface area contributed by atoms with E-state index in [0.717, 1.165) is 6.20 Å². The van der Waals surface area contributed by atoms with Gasteiger partial charge in [-0.05, 0) is 18.0 Å². The van der Waals surface area contributed by atoms with E-state index in [1.54, 1.807) is 0 Å². The molecule has 8 heteroatoms. The van der Waals surface area contributed by atoms with Crippen molar-refractivity contribution in [2.75, 3.05) is 16.8 Å². The Labute approximate surface area is 97.0 Å². The van der Waals surface area contributed by atoms with E-state index in [2.05, 4.69) is 15.3 Å². The van der Waals surface area contributed by atoms with Crippen LogP contribution < -0.4 is 5.32 Å². The Morgan fingerprint density at radius 2 is 2.31 bits per heavy atom. The molecule has 1 unspecified atom stereocenters. The van der Waals surface area contributed by atoms with E-state index in [1.807, 2.05) is 0 Å². The molecule has 0 aromatic carbocycles. The fourth-order valence-corrected chi connectivity index (χ4v) is 3.36. The molecule has 1 aliphatic rings. The van der Waals surface area contributed by atoms with E-state index >= 15 is 0 Å². The second-order valence-corrected chi connectivity index (χ2v) is 6.15. The summed E-state index contributed by atoms with van der Waals surface area (Å²) in [4.78, 5) is 7.12. The molecule has 1 aromatic rings. The van der Waals surface area contributed by atoms with E-state index < -0.39 is 15.7 Å². The lowest BCUT2D eigenvalue weighted by atomic mass is 10.2. The van der Waals surface area contributed by atoms with Gasteiger partial charge < -0.3 is 5.32 Å². The van der Waals surface area contributed by atoms with Crippen LogP contribution >= 0.6 is 11.6 Å². The highest BCUT2D eigenvalue weighted by Crippen LogP contribution is 2.18. The SMILES string of the molecule is O=S1(=O)CCC(Nc2nc(Cl)ncc2F)C1. The number of nitrogens with zero attached hydrogens (tertiary/aromatic N) is 2. The predicted molar refractivity (Wildman–Crippen MR) is 57.7 cm³/mol. The first-order chi connectivity index (χ1) is 7.46. The van der Waals surface area contributed by atoms with E-state index in [4.69, 9.17) is 11.6 Å². The molecule has 1 aliphatic heterocycles. The summed E-state index contributed by atoms with van der Waals surface area (Å²) in [6, 6.07) is -0.314. The van der Waals surface area contributed by atoms with Crippen LogP contribution in [0.15, 0.2) is 6.20 Å². The van der Waals surface area contributed by atoms with Crippen molar-refractivity contribution in [2.24, 2.45) is 0 Å². The Morgan fingerprint density at radius 1 is 1.56 bits per heavy atom. The highest BCUT2D eigenvalue weighted by molar-refractivity contribution is 7.91. The van der Waals surface area contributed by atoms with Crippen LogP contribution in [-0.2, 0) is 9.84 Å². The highest BCUT2D eigenvalue weighted by Gasteiger charge is 2.28. The molecule has 1 fully saturated rings. The molecular formula is C8H9ClFN3O2S. The zero-order valence-corrected chi connectivity index (χ0v) is 9.72. The van der Waals surface area contributed by atoms with Crippen molar-refractivity contribution < 1.29 is 12.8 Å². The molecule has 2 heterocycles. The lowest BCUT2D eigenvalue weighted by molar-refractivity contribution is 0.601. The Balaban J connectivity index is 2.13. The molecular weight excluding hydrogens is 257 g/mol.